The standard InChI is InChI=1S/C22H26N4O2P2S2.2C3H6O/c1-21(2,3)25-29(31,27-19-11-7-17(15-23)8-12-19)26(22(4,5)6)30(25,32)28-20-13-9-18(16-24)10-14-20;2*1-3(2)4/h7-14H,1-6H3;2*1-2H3. The van der Waals surface area contributed by atoms with E-state index in [0.29, 0.717) is 22.6 Å². The van der Waals surface area contributed by atoms with Gasteiger partial charge in [0.15, 0.2) is 0 Å². The minimum absolute atomic E-state index is 0.167. The molecule has 0 aromatic heterocycles. The second-order valence-electron chi connectivity index (χ2n) is 11.2. The van der Waals surface area contributed by atoms with Crippen molar-refractivity contribution < 1.29 is 18.6 Å². The highest BCUT2D eigenvalue weighted by molar-refractivity contribution is 8.27. The summed E-state index contributed by atoms with van der Waals surface area (Å²) < 4.78 is 17.1. The van der Waals surface area contributed by atoms with Gasteiger partial charge in [-0.2, -0.15) is 19.4 Å². The maximum absolute atomic E-state index is 9.44. The van der Waals surface area contributed by atoms with E-state index in [1.54, 1.807) is 48.5 Å². The third-order valence-corrected chi connectivity index (χ3v) is 16.6. The largest absolute Gasteiger partial charge is 0.440 e. The fraction of sp³-hybridized carbons (Fsp3) is 0.429. The number of Topliss-reactive ketones (excluding diaryl/α,β-unsaturated/α-hetero) is 2. The van der Waals surface area contributed by atoms with Crippen molar-refractivity contribution in [2.45, 2.75) is 80.3 Å². The van der Waals surface area contributed by atoms with Crippen LogP contribution in [0.1, 0.15) is 80.4 Å². The second kappa shape index (κ2) is 14.0. The first-order chi connectivity index (χ1) is 18.2. The predicted octanol–water partition coefficient (Wildman–Crippen LogP) is 7.74. The minimum Gasteiger partial charge on any atom is -0.440 e. The quantitative estimate of drug-likeness (QED) is 0.315. The molecule has 0 N–H and O–H groups in total. The third-order valence-electron chi connectivity index (χ3n) is 4.57. The van der Waals surface area contributed by atoms with Crippen LogP contribution in [0.4, 0.5) is 0 Å². The monoisotopic (exact) mass is 620 g/mol. The van der Waals surface area contributed by atoms with E-state index in [1.807, 2.05) is 0 Å². The highest BCUT2D eigenvalue weighted by Gasteiger charge is 2.68. The number of hydrogen-bond donors (Lipinski definition) is 0. The Bertz CT molecular complexity index is 1250. The van der Waals surface area contributed by atoms with E-state index in [4.69, 9.17) is 43.2 Å². The summed E-state index contributed by atoms with van der Waals surface area (Å²) in [6, 6.07) is 18.1. The van der Waals surface area contributed by atoms with Crippen molar-refractivity contribution in [2.24, 2.45) is 0 Å². The molecule has 0 radical (unpaired) electrons. The number of benzene rings is 2. The number of nitriles is 2. The van der Waals surface area contributed by atoms with Gasteiger partial charge in [-0.05, 0) is 141 Å². The summed E-state index contributed by atoms with van der Waals surface area (Å²) in [4.78, 5) is 18.9. The maximum atomic E-state index is 9.44. The number of carbonyl (C=O) groups is 2. The first-order valence-corrected chi connectivity index (χ1v) is 17.6. The van der Waals surface area contributed by atoms with Crippen LogP contribution in [0, 0.1) is 22.7 Å². The summed E-state index contributed by atoms with van der Waals surface area (Å²) in [6.07, 6.45) is 0. The molecule has 12 heteroatoms. The number of nitrogens with zero attached hydrogens (tertiary/aromatic N) is 4. The molecule has 0 spiro atoms. The average molecular weight is 621 g/mol. The van der Waals surface area contributed by atoms with E-state index >= 15 is 0 Å². The van der Waals surface area contributed by atoms with E-state index in [9.17, 15) is 9.59 Å². The maximum Gasteiger partial charge on any atom is 0.269 e. The van der Waals surface area contributed by atoms with Crippen LogP contribution < -0.4 is 9.05 Å². The lowest BCUT2D eigenvalue weighted by Crippen LogP contribution is -2.58. The van der Waals surface area contributed by atoms with Crippen molar-refractivity contribution in [3.63, 3.8) is 0 Å². The molecular weight excluding hydrogens is 582 g/mol. The molecule has 1 fully saturated rings. The highest BCUT2D eigenvalue weighted by atomic mass is 32.5. The molecule has 40 heavy (non-hydrogen) atoms. The van der Waals surface area contributed by atoms with Crippen LogP contribution in [0.25, 0.3) is 0 Å². The predicted molar refractivity (Wildman–Crippen MR) is 168 cm³/mol. The van der Waals surface area contributed by atoms with Gasteiger partial charge in [-0.15, -0.1) is 0 Å². The molecule has 1 aliphatic heterocycles. The van der Waals surface area contributed by atoms with Crippen LogP contribution >= 0.6 is 13.1 Å². The SMILES string of the molecule is CC(C)(C)N1P(=S)(Oc2ccc(C#N)cc2)N(C(C)(C)C)P1(=S)Oc1ccc(C#N)cc1.CC(C)=O.CC(C)=O. The van der Waals surface area contributed by atoms with Gasteiger partial charge in [-0.3, -0.25) is 0 Å². The summed E-state index contributed by atoms with van der Waals surface area (Å²) >= 11 is 12.5. The van der Waals surface area contributed by atoms with Gasteiger partial charge >= 0.3 is 0 Å². The molecule has 2 aromatic carbocycles. The van der Waals surface area contributed by atoms with Crippen molar-refractivity contribution >= 4 is 48.3 Å². The summed E-state index contributed by atoms with van der Waals surface area (Å²) in [7, 11) is 0. The van der Waals surface area contributed by atoms with Gasteiger partial charge in [-0.1, -0.05) is 0 Å². The molecular formula is C28H38N4O4P2S2. The molecule has 0 aliphatic carbocycles. The Morgan fingerprint density at radius 3 is 1.05 bits per heavy atom. The van der Waals surface area contributed by atoms with Gasteiger partial charge < -0.3 is 18.6 Å². The molecule has 2 aromatic rings. The summed E-state index contributed by atoms with van der Waals surface area (Å²) in [5.41, 5.74) is 0.285. The lowest BCUT2D eigenvalue weighted by molar-refractivity contribution is -0.115. The lowest BCUT2D eigenvalue weighted by Gasteiger charge is -2.65. The van der Waals surface area contributed by atoms with E-state index < -0.39 is 24.2 Å². The zero-order valence-corrected chi connectivity index (χ0v) is 28.2. The topological polar surface area (TPSA) is 107 Å². The first kappa shape index (κ1) is 35.6. The van der Waals surface area contributed by atoms with Crippen molar-refractivity contribution in [2.75, 3.05) is 0 Å². The van der Waals surface area contributed by atoms with Gasteiger partial charge in [0.05, 0.1) is 23.3 Å². The molecule has 0 amide bonds. The number of ketones is 2. The molecule has 0 atom stereocenters. The molecule has 0 unspecified atom stereocenters. The number of rotatable bonds is 4. The van der Waals surface area contributed by atoms with Gasteiger partial charge in [-0.25, -0.2) is 0 Å². The molecule has 1 saturated heterocycles. The Balaban J connectivity index is 0.000000883. The third kappa shape index (κ3) is 9.32. The number of carbonyl (C=O) groups excluding carboxylic acids is 2. The molecule has 1 aliphatic rings. The summed E-state index contributed by atoms with van der Waals surface area (Å²) in [5.74, 6) is 1.52. The van der Waals surface area contributed by atoms with E-state index in [1.165, 1.54) is 27.7 Å². The van der Waals surface area contributed by atoms with Gasteiger partial charge in [0, 0.05) is 11.1 Å². The van der Waals surface area contributed by atoms with Crippen LogP contribution in [-0.2, 0) is 33.2 Å². The molecule has 0 saturated carbocycles. The van der Waals surface area contributed by atoms with E-state index in [2.05, 4.69) is 62.6 Å². The van der Waals surface area contributed by atoms with Crippen LogP contribution in [0.15, 0.2) is 48.5 Å². The van der Waals surface area contributed by atoms with Crippen molar-refractivity contribution in [1.29, 1.82) is 10.5 Å². The Morgan fingerprint density at radius 1 is 0.650 bits per heavy atom. The zero-order valence-electron chi connectivity index (χ0n) is 24.8. The van der Waals surface area contributed by atoms with Crippen molar-refractivity contribution in [3.8, 4) is 23.6 Å². The highest BCUT2D eigenvalue weighted by Crippen LogP contribution is 2.89. The van der Waals surface area contributed by atoms with Crippen LogP contribution in [-0.4, -0.2) is 31.5 Å². The van der Waals surface area contributed by atoms with E-state index in [-0.39, 0.29) is 11.6 Å². The molecule has 8 nitrogen and oxygen atoms in total. The fourth-order valence-corrected chi connectivity index (χ4v) is 19.0. The van der Waals surface area contributed by atoms with Crippen LogP contribution in [0.2, 0.25) is 0 Å². The number of hydrogen-bond acceptors (Lipinski definition) is 8. The summed E-state index contributed by atoms with van der Waals surface area (Å²) in [6.45, 7) is 12.9. The normalized spacial score (nSPS) is 20.6. The Hall–Kier alpha value is -2.42. The van der Waals surface area contributed by atoms with Crippen LogP contribution in [0.3, 0.4) is 0 Å². The Labute approximate surface area is 249 Å². The molecule has 0 bridgehead atoms. The molecule has 3 rings (SSSR count). The van der Waals surface area contributed by atoms with Crippen LogP contribution in [0.5, 0.6) is 11.5 Å². The molecule has 1 heterocycles. The average Bonchev–Trinajstić information content (AvgIpc) is 2.76. The van der Waals surface area contributed by atoms with Gasteiger partial charge in [0.1, 0.15) is 23.1 Å². The van der Waals surface area contributed by atoms with Crippen molar-refractivity contribution in [1.82, 2.24) is 8.88 Å². The first-order valence-electron chi connectivity index (χ1n) is 12.4. The second-order valence-corrected chi connectivity index (χ2v) is 18.6. The van der Waals surface area contributed by atoms with Crippen molar-refractivity contribution in [3.05, 3.63) is 59.7 Å². The lowest BCUT2D eigenvalue weighted by atomic mass is 10.1. The van der Waals surface area contributed by atoms with Gasteiger partial charge in [0.25, 0.3) is 13.1 Å². The summed E-state index contributed by atoms with van der Waals surface area (Å²) in [5, 5.41) is 18.2. The molecule has 216 valence electrons. The Kier molecular flexibility index (Phi) is 12.4. The Morgan fingerprint density at radius 2 is 0.875 bits per heavy atom. The smallest absolute Gasteiger partial charge is 0.269 e. The van der Waals surface area contributed by atoms with E-state index in [0.717, 1.165) is 0 Å². The van der Waals surface area contributed by atoms with Gasteiger partial charge in [0.2, 0.25) is 0 Å². The fourth-order valence-electron chi connectivity index (χ4n) is 3.54. The zero-order chi connectivity index (χ0) is 31.1. The minimum atomic E-state index is -2.79.